The number of benzene rings is 3. The van der Waals surface area contributed by atoms with Gasteiger partial charge in [-0.2, -0.15) is 0 Å². The molecule has 0 radical (unpaired) electrons. The number of fused-ring (bicyclic) bond motifs is 2. The van der Waals surface area contributed by atoms with Crippen LogP contribution in [0.25, 0.3) is 21.8 Å². The molecule has 2 aromatic heterocycles. The molecule has 0 saturated heterocycles. The normalized spacial score (nSPS) is 11.8. The molecular weight excluding hydrogens is 599 g/mol. The molecule has 1 N–H and O–H groups in total. The fourth-order valence-electron chi connectivity index (χ4n) is 4.44. The largest absolute Gasteiger partial charge is 0.494 e. The van der Waals surface area contributed by atoms with Gasteiger partial charge in [-0.3, -0.25) is 8.77 Å². The Balaban J connectivity index is 0.000000479. The highest BCUT2D eigenvalue weighted by Crippen LogP contribution is 2.37. The number of hydrogen-bond donors (Lipinski definition) is 1. The molecule has 9 heteroatoms. The van der Waals surface area contributed by atoms with Gasteiger partial charge in [-0.05, 0) is 102 Å². The maximum absolute atomic E-state index is 14.0. The molecule has 5 aromatic rings. The molecule has 2 heterocycles. The number of carbonyl (C=O) groups is 1. The molecule has 0 bridgehead atoms. The number of hydrogen-bond acceptors (Lipinski definition) is 5. The van der Waals surface area contributed by atoms with Crippen molar-refractivity contribution >= 4 is 51.3 Å². The Bertz CT molecular complexity index is 1760. The lowest BCUT2D eigenvalue weighted by atomic mass is 9.88. The van der Waals surface area contributed by atoms with Gasteiger partial charge in [0.2, 0.25) is 0 Å². The summed E-state index contributed by atoms with van der Waals surface area (Å²) in [7, 11) is 1.43. The van der Waals surface area contributed by atoms with Crippen molar-refractivity contribution in [2.45, 2.75) is 59.3 Å². The minimum atomic E-state index is -0.892. The molecule has 0 fully saturated rings. The van der Waals surface area contributed by atoms with Gasteiger partial charge in [-0.15, -0.1) is 0 Å². The molecule has 0 spiro atoms. The summed E-state index contributed by atoms with van der Waals surface area (Å²) in [4.78, 5) is 16.4. The van der Waals surface area contributed by atoms with Gasteiger partial charge in [-0.25, -0.2) is 9.37 Å². The molecule has 0 atom stereocenters. The van der Waals surface area contributed by atoms with E-state index in [1.165, 1.54) is 18.7 Å². The Morgan fingerprint density at radius 1 is 0.977 bits per heavy atom. The third-order valence-corrected chi connectivity index (χ3v) is 8.20. The average molecular weight is 637 g/mol. The highest BCUT2D eigenvalue weighted by atomic mass is 35.5. The number of nitrogens with zero attached hydrogens (tertiary/aromatic N) is 2. The van der Waals surface area contributed by atoms with Crippen molar-refractivity contribution in [1.82, 2.24) is 8.96 Å². The predicted molar refractivity (Wildman–Crippen MR) is 179 cm³/mol. The van der Waals surface area contributed by atoms with Gasteiger partial charge in [0, 0.05) is 38.7 Å². The second-order valence-electron chi connectivity index (χ2n) is 12.3. The van der Waals surface area contributed by atoms with Gasteiger partial charge in [0.1, 0.15) is 12.4 Å². The first-order valence-electron chi connectivity index (χ1n) is 14.2. The third kappa shape index (κ3) is 8.45. The zero-order valence-corrected chi connectivity index (χ0v) is 27.6. The molecule has 5 rings (SSSR count). The van der Waals surface area contributed by atoms with Crippen LogP contribution in [0.2, 0.25) is 5.02 Å². The van der Waals surface area contributed by atoms with E-state index in [2.05, 4.69) is 29.7 Å². The lowest BCUT2D eigenvalue weighted by Crippen LogP contribution is -2.27. The van der Waals surface area contributed by atoms with Crippen LogP contribution in [-0.2, 0) is 17.8 Å². The first-order chi connectivity index (χ1) is 20.6. The Morgan fingerprint density at radius 2 is 1.68 bits per heavy atom. The fourth-order valence-corrected chi connectivity index (χ4v) is 5.62. The summed E-state index contributed by atoms with van der Waals surface area (Å²) in [6.07, 6.45) is 0.404. The van der Waals surface area contributed by atoms with Gasteiger partial charge < -0.3 is 14.6 Å². The summed E-state index contributed by atoms with van der Waals surface area (Å²) in [5.74, 6) is -0.416. The predicted octanol–water partition coefficient (Wildman–Crippen LogP) is 9.51. The maximum Gasteiger partial charge on any atom is 0.309 e. The second kappa shape index (κ2) is 13.5. The number of carboxylic acids is 1. The van der Waals surface area contributed by atoms with Crippen molar-refractivity contribution in [2.75, 3.05) is 7.11 Å². The van der Waals surface area contributed by atoms with Gasteiger partial charge in [0.05, 0.1) is 29.3 Å². The first kappa shape index (κ1) is 33.1. The Hall–Kier alpha value is -3.75. The molecule has 232 valence electrons. The van der Waals surface area contributed by atoms with Crippen molar-refractivity contribution < 1.29 is 23.8 Å². The van der Waals surface area contributed by atoms with Gasteiger partial charge in [0.25, 0.3) is 0 Å². The van der Waals surface area contributed by atoms with E-state index in [-0.39, 0.29) is 17.1 Å². The van der Waals surface area contributed by atoms with E-state index < -0.39 is 17.2 Å². The van der Waals surface area contributed by atoms with Crippen LogP contribution in [0.15, 0.2) is 72.8 Å². The molecule has 6 nitrogen and oxygen atoms in total. The van der Waals surface area contributed by atoms with Crippen LogP contribution in [0.3, 0.4) is 0 Å². The van der Waals surface area contributed by atoms with E-state index in [9.17, 15) is 14.3 Å². The quantitative estimate of drug-likeness (QED) is 0.183. The Labute approximate surface area is 267 Å². The summed E-state index contributed by atoms with van der Waals surface area (Å²) >= 11 is 7.28. The van der Waals surface area contributed by atoms with E-state index in [0.717, 1.165) is 21.6 Å². The Kier molecular flexibility index (Phi) is 10.2. The van der Waals surface area contributed by atoms with Crippen LogP contribution >= 0.6 is 23.5 Å². The van der Waals surface area contributed by atoms with Crippen molar-refractivity contribution in [3.05, 3.63) is 101 Å². The molecule has 0 aliphatic rings. The van der Waals surface area contributed by atoms with Crippen LogP contribution in [0.4, 0.5) is 4.39 Å². The van der Waals surface area contributed by atoms with Crippen molar-refractivity contribution in [2.24, 2.45) is 5.41 Å². The number of ether oxygens (including phenoxy) is 2. The molecular formula is C35H38ClFN2O4S. The highest BCUT2D eigenvalue weighted by Gasteiger charge is 2.30. The number of halogens is 2. The third-order valence-electron chi connectivity index (χ3n) is 6.79. The van der Waals surface area contributed by atoms with Crippen molar-refractivity contribution in [1.29, 1.82) is 0 Å². The van der Waals surface area contributed by atoms with Crippen LogP contribution < -0.4 is 9.47 Å². The van der Waals surface area contributed by atoms with E-state index in [1.54, 1.807) is 31.9 Å². The zero-order valence-electron chi connectivity index (χ0n) is 26.1. The number of methoxy groups -OCH3 is 1. The number of carboxylic acid groups (broad SMARTS) is 1. The summed E-state index contributed by atoms with van der Waals surface area (Å²) in [6, 6.07) is 22.3. The highest BCUT2D eigenvalue weighted by molar-refractivity contribution is 7.99. The molecule has 0 aliphatic carbocycles. The molecule has 3 aromatic carbocycles. The molecule has 44 heavy (non-hydrogen) atoms. The number of pyridine rings is 1. The minimum Gasteiger partial charge on any atom is -0.494 e. The monoisotopic (exact) mass is 636 g/mol. The molecule has 0 amide bonds. The van der Waals surface area contributed by atoms with Crippen LogP contribution in [0.1, 0.15) is 51.6 Å². The topological polar surface area (TPSA) is 73.6 Å². The maximum atomic E-state index is 14.0. The number of rotatable bonds is 8. The standard InChI is InChI=1S/C28H31FN2O4S.C7H7Cl/c1-27(2,3)36-31-20(15-28(4,5)26(32)33)11-18-12-21(9-10-24(18)31)35-16-19-8-7-17-13-22(29)25(34-6)14-23(17)30-19;1-6-2-4-7(8)5-3-6/h7-14H,15-16H2,1-6H3,(H,32,33);2-5H,1H3. The van der Waals surface area contributed by atoms with E-state index in [1.807, 2.05) is 67.6 Å². The van der Waals surface area contributed by atoms with Crippen molar-refractivity contribution in [3.8, 4) is 11.5 Å². The molecule has 0 aliphatic heterocycles. The zero-order chi connectivity index (χ0) is 32.2. The lowest BCUT2D eigenvalue weighted by Gasteiger charge is -2.24. The number of aliphatic carboxylic acids is 1. The fraction of sp³-hybridized carbons (Fsp3) is 0.314. The van der Waals surface area contributed by atoms with Crippen molar-refractivity contribution in [3.63, 3.8) is 0 Å². The smallest absolute Gasteiger partial charge is 0.309 e. The average Bonchev–Trinajstić information content (AvgIpc) is 3.27. The lowest BCUT2D eigenvalue weighted by molar-refractivity contribution is -0.146. The number of aromatic nitrogens is 2. The second-order valence-corrected chi connectivity index (χ2v) is 14.5. The van der Waals surface area contributed by atoms with Gasteiger partial charge >= 0.3 is 5.97 Å². The molecule has 0 unspecified atom stereocenters. The number of aryl methyl sites for hydroxylation is 1. The van der Waals surface area contributed by atoms with Crippen LogP contribution in [-0.4, -0.2) is 31.9 Å². The first-order valence-corrected chi connectivity index (χ1v) is 15.4. The SMILES string of the molecule is COc1cc2nc(COc3ccc4c(c3)cc(CC(C)(C)C(=O)O)n4SC(C)(C)C)ccc2cc1F.Cc1ccc(Cl)cc1. The van der Waals surface area contributed by atoms with E-state index in [4.69, 9.17) is 21.1 Å². The minimum absolute atomic E-state index is 0.0589. The van der Waals surface area contributed by atoms with E-state index >= 15 is 0 Å². The summed E-state index contributed by atoms with van der Waals surface area (Å²) in [6.45, 7) is 12.2. The van der Waals surface area contributed by atoms with Gasteiger partial charge in [-0.1, -0.05) is 35.4 Å². The Morgan fingerprint density at radius 3 is 2.30 bits per heavy atom. The summed E-state index contributed by atoms with van der Waals surface area (Å²) < 4.78 is 27.1. The van der Waals surface area contributed by atoms with Gasteiger partial charge in [0.15, 0.2) is 11.6 Å². The molecule has 0 saturated carbocycles. The van der Waals surface area contributed by atoms with Crippen LogP contribution in [0.5, 0.6) is 11.5 Å². The summed E-state index contributed by atoms with van der Waals surface area (Å²) in [5, 5.41) is 12.1. The van der Waals surface area contributed by atoms with Crippen LogP contribution in [0, 0.1) is 18.2 Å². The van der Waals surface area contributed by atoms with E-state index in [0.29, 0.717) is 28.8 Å². The summed E-state index contributed by atoms with van der Waals surface area (Å²) in [5.41, 5.74) is 3.66.